The smallest absolute Gasteiger partial charge is 0.316 e. The van der Waals surface area contributed by atoms with Crippen LogP contribution >= 0.6 is 0 Å². The second-order valence-electron chi connectivity index (χ2n) is 7.52. The fraction of sp³-hybridized carbons (Fsp3) is 0.826. The predicted molar refractivity (Wildman–Crippen MR) is 114 cm³/mol. The minimum Gasteiger partial charge on any atom is -0.468 e. The van der Waals surface area contributed by atoms with Crippen molar-refractivity contribution in [1.29, 1.82) is 0 Å². The first-order valence-electron chi connectivity index (χ1n) is 11.2. The minimum absolute atomic E-state index is 0.156. The Labute approximate surface area is 181 Å². The van der Waals surface area contributed by atoms with Gasteiger partial charge in [-0.1, -0.05) is 38.3 Å². The lowest BCUT2D eigenvalue weighted by atomic mass is 9.93. The number of carbonyl (C=O) groups is 2. The molecule has 0 bridgehead atoms. The Kier molecular flexibility index (Phi) is 13.1. The lowest BCUT2D eigenvalue weighted by molar-refractivity contribution is -0.166. The average Bonchev–Trinajstić information content (AvgIpc) is 3.00. The van der Waals surface area contributed by atoms with Gasteiger partial charge in [-0.25, -0.2) is 0 Å². The largest absolute Gasteiger partial charge is 0.468 e. The van der Waals surface area contributed by atoms with Gasteiger partial charge in [0.15, 0.2) is 12.6 Å². The molecule has 6 atom stereocenters. The highest BCUT2D eigenvalue weighted by atomic mass is 16.7. The first kappa shape index (κ1) is 26.8. The highest BCUT2D eigenvalue weighted by Crippen LogP contribution is 2.35. The van der Waals surface area contributed by atoms with Gasteiger partial charge >= 0.3 is 5.97 Å². The molecule has 0 aromatic rings. The first-order chi connectivity index (χ1) is 14.4. The number of esters is 1. The van der Waals surface area contributed by atoms with E-state index in [1.165, 1.54) is 7.11 Å². The molecule has 1 rings (SSSR count). The molecular formula is C23H40O7. The van der Waals surface area contributed by atoms with E-state index in [0.29, 0.717) is 13.2 Å². The van der Waals surface area contributed by atoms with Gasteiger partial charge in [0.25, 0.3) is 0 Å². The molecule has 0 saturated heterocycles. The molecule has 0 spiro atoms. The summed E-state index contributed by atoms with van der Waals surface area (Å²) in [4.78, 5) is 24.8. The van der Waals surface area contributed by atoms with Gasteiger partial charge in [0.2, 0.25) is 0 Å². The Morgan fingerprint density at radius 3 is 2.37 bits per heavy atom. The molecule has 0 aromatic carbocycles. The van der Waals surface area contributed by atoms with Crippen LogP contribution in [0.5, 0.6) is 0 Å². The normalized spacial score (nSPS) is 24.9. The van der Waals surface area contributed by atoms with Crippen LogP contribution < -0.4 is 0 Å². The molecule has 1 aliphatic rings. The lowest BCUT2D eigenvalue weighted by Gasteiger charge is -2.24. The van der Waals surface area contributed by atoms with Gasteiger partial charge in [-0.3, -0.25) is 9.59 Å². The van der Waals surface area contributed by atoms with Crippen molar-refractivity contribution in [1.82, 2.24) is 0 Å². The van der Waals surface area contributed by atoms with E-state index in [9.17, 15) is 9.59 Å². The van der Waals surface area contributed by atoms with Gasteiger partial charge in [-0.05, 0) is 34.1 Å². The molecular weight excluding hydrogens is 388 g/mol. The summed E-state index contributed by atoms with van der Waals surface area (Å²) in [6.07, 6.45) is 6.65. The van der Waals surface area contributed by atoms with Crippen LogP contribution in [0.4, 0.5) is 0 Å². The number of carbonyl (C=O) groups excluding carboxylic acids is 2. The molecule has 1 fully saturated rings. The number of hydrogen-bond acceptors (Lipinski definition) is 7. The van der Waals surface area contributed by atoms with E-state index in [2.05, 4.69) is 6.92 Å². The SMILES string of the molecule is CCCCCC(C=CC1C(OC(C)OCC)CC(=O)C1C(=O)OC)OC(C)OCC. The highest BCUT2D eigenvalue weighted by Gasteiger charge is 2.47. The zero-order valence-electron chi connectivity index (χ0n) is 19.4. The van der Waals surface area contributed by atoms with Gasteiger partial charge in [0, 0.05) is 25.6 Å². The third kappa shape index (κ3) is 8.84. The average molecular weight is 429 g/mol. The van der Waals surface area contributed by atoms with Gasteiger partial charge in [-0.15, -0.1) is 0 Å². The van der Waals surface area contributed by atoms with Crippen LogP contribution in [0, 0.1) is 11.8 Å². The van der Waals surface area contributed by atoms with Crippen LogP contribution in [-0.2, 0) is 33.3 Å². The van der Waals surface area contributed by atoms with Crippen molar-refractivity contribution in [3.05, 3.63) is 12.2 Å². The van der Waals surface area contributed by atoms with Gasteiger partial charge in [-0.2, -0.15) is 0 Å². The molecule has 7 heteroatoms. The molecule has 0 aliphatic heterocycles. The van der Waals surface area contributed by atoms with Crippen LogP contribution in [0.15, 0.2) is 12.2 Å². The van der Waals surface area contributed by atoms with Crippen molar-refractivity contribution in [2.24, 2.45) is 11.8 Å². The molecule has 30 heavy (non-hydrogen) atoms. The number of Topliss-reactive ketones (excluding diaryl/α,β-unsaturated/α-hetero) is 1. The summed E-state index contributed by atoms with van der Waals surface area (Å²) in [6, 6.07) is 0. The summed E-state index contributed by atoms with van der Waals surface area (Å²) < 4.78 is 27.8. The number of ether oxygens (including phenoxy) is 5. The van der Waals surface area contributed by atoms with E-state index < -0.39 is 30.2 Å². The molecule has 7 nitrogen and oxygen atoms in total. The topological polar surface area (TPSA) is 80.3 Å². The van der Waals surface area contributed by atoms with Crippen molar-refractivity contribution in [3.63, 3.8) is 0 Å². The summed E-state index contributed by atoms with van der Waals surface area (Å²) in [5.41, 5.74) is 0. The molecule has 174 valence electrons. The molecule has 6 unspecified atom stereocenters. The Morgan fingerprint density at radius 2 is 1.77 bits per heavy atom. The van der Waals surface area contributed by atoms with Crippen LogP contribution in [0.2, 0.25) is 0 Å². The van der Waals surface area contributed by atoms with Crippen LogP contribution in [0.3, 0.4) is 0 Å². The third-order valence-electron chi connectivity index (χ3n) is 5.19. The Bertz CT molecular complexity index is 534. The monoisotopic (exact) mass is 428 g/mol. The van der Waals surface area contributed by atoms with Crippen molar-refractivity contribution in [3.8, 4) is 0 Å². The summed E-state index contributed by atoms with van der Waals surface area (Å²) in [7, 11) is 1.30. The number of methoxy groups -OCH3 is 1. The summed E-state index contributed by atoms with van der Waals surface area (Å²) in [5.74, 6) is -1.99. The van der Waals surface area contributed by atoms with E-state index >= 15 is 0 Å². The highest BCUT2D eigenvalue weighted by molar-refractivity contribution is 6.01. The number of unbranched alkanes of at least 4 members (excludes halogenated alkanes) is 2. The van der Waals surface area contributed by atoms with Gasteiger partial charge in [0.1, 0.15) is 11.7 Å². The molecule has 0 amide bonds. The Hall–Kier alpha value is -1.28. The zero-order chi connectivity index (χ0) is 22.5. The number of ketones is 1. The van der Waals surface area contributed by atoms with E-state index in [1.807, 2.05) is 32.9 Å². The number of rotatable bonds is 15. The van der Waals surface area contributed by atoms with E-state index in [4.69, 9.17) is 23.7 Å². The Balaban J connectivity index is 3.00. The van der Waals surface area contributed by atoms with Crippen molar-refractivity contribution in [2.75, 3.05) is 20.3 Å². The third-order valence-corrected chi connectivity index (χ3v) is 5.19. The molecule has 0 heterocycles. The lowest BCUT2D eigenvalue weighted by Crippen LogP contribution is -2.31. The van der Waals surface area contributed by atoms with Gasteiger partial charge in [0.05, 0.1) is 19.3 Å². The quantitative estimate of drug-likeness (QED) is 0.128. The minimum atomic E-state index is -0.870. The van der Waals surface area contributed by atoms with E-state index in [-0.39, 0.29) is 24.6 Å². The molecule has 0 aromatic heterocycles. The zero-order valence-corrected chi connectivity index (χ0v) is 19.4. The molecule has 1 saturated carbocycles. The summed E-state index contributed by atoms with van der Waals surface area (Å²) in [5, 5.41) is 0. The maximum absolute atomic E-state index is 12.5. The van der Waals surface area contributed by atoms with E-state index in [0.717, 1.165) is 25.7 Å². The van der Waals surface area contributed by atoms with Crippen LogP contribution in [-0.4, -0.2) is 56.9 Å². The maximum atomic E-state index is 12.5. The summed E-state index contributed by atoms with van der Waals surface area (Å²) >= 11 is 0. The Morgan fingerprint density at radius 1 is 1.10 bits per heavy atom. The van der Waals surface area contributed by atoms with Crippen molar-refractivity contribution < 1.29 is 33.3 Å². The summed E-state index contributed by atoms with van der Waals surface area (Å²) in [6.45, 7) is 10.7. The maximum Gasteiger partial charge on any atom is 0.316 e. The van der Waals surface area contributed by atoms with Crippen LogP contribution in [0.25, 0.3) is 0 Å². The molecule has 1 aliphatic carbocycles. The van der Waals surface area contributed by atoms with Crippen molar-refractivity contribution in [2.45, 2.75) is 91.5 Å². The number of hydrogen-bond donors (Lipinski definition) is 0. The fourth-order valence-corrected chi connectivity index (χ4v) is 3.78. The first-order valence-corrected chi connectivity index (χ1v) is 11.2. The second-order valence-corrected chi connectivity index (χ2v) is 7.52. The van der Waals surface area contributed by atoms with E-state index in [1.54, 1.807) is 6.92 Å². The second kappa shape index (κ2) is 14.7. The standard InChI is InChI=1S/C23H40O7/c1-7-10-11-12-18(29-16(4)27-8-2)13-14-19-21(30-17(5)28-9-3)15-20(24)22(19)23(25)26-6/h13-14,16-19,21-22H,7-12,15H2,1-6H3. The predicted octanol–water partition coefficient (Wildman–Crippen LogP) is 4.04. The molecule has 0 N–H and O–H groups in total. The van der Waals surface area contributed by atoms with Crippen molar-refractivity contribution >= 4 is 11.8 Å². The fourth-order valence-electron chi connectivity index (χ4n) is 3.78. The van der Waals surface area contributed by atoms with Gasteiger partial charge < -0.3 is 23.7 Å². The molecule has 0 radical (unpaired) electrons. The van der Waals surface area contributed by atoms with Crippen LogP contribution in [0.1, 0.15) is 66.7 Å².